The van der Waals surface area contributed by atoms with Crippen molar-refractivity contribution in [2.24, 2.45) is 0 Å². The molecular weight excluding hydrogens is 470 g/mol. The molecule has 0 saturated carbocycles. The van der Waals surface area contributed by atoms with Gasteiger partial charge in [0.05, 0.1) is 12.5 Å². The van der Waals surface area contributed by atoms with Crippen LogP contribution in [0, 0.1) is 5.82 Å². The predicted octanol–water partition coefficient (Wildman–Crippen LogP) is 7.04. The van der Waals surface area contributed by atoms with E-state index in [2.05, 4.69) is 4.98 Å². The second kappa shape index (κ2) is 8.66. The number of hydrogen-bond donors (Lipinski definition) is 2. The van der Waals surface area contributed by atoms with E-state index in [4.69, 9.17) is 4.74 Å². The molecule has 2 unspecified atom stereocenters. The van der Waals surface area contributed by atoms with Gasteiger partial charge in [0.2, 0.25) is 0 Å². The van der Waals surface area contributed by atoms with E-state index >= 15 is 13.2 Å². The van der Waals surface area contributed by atoms with Gasteiger partial charge < -0.3 is 14.8 Å². The molecule has 0 aliphatic carbocycles. The van der Waals surface area contributed by atoms with E-state index < -0.39 is 35.3 Å². The number of ether oxygens (including phenoxy) is 1. The molecule has 2 atom stereocenters. The zero-order chi connectivity index (χ0) is 25.7. The lowest BCUT2D eigenvalue weighted by atomic mass is 9.67. The van der Waals surface area contributed by atoms with Crippen LogP contribution in [0.5, 0.6) is 5.75 Å². The van der Waals surface area contributed by atoms with Gasteiger partial charge in [-0.1, -0.05) is 62.4 Å². The molecule has 0 bridgehead atoms. The number of fused-ring (bicyclic) bond motifs is 2. The average molecular weight is 498 g/mol. The van der Waals surface area contributed by atoms with Crippen molar-refractivity contribution in [3.63, 3.8) is 0 Å². The Balaban J connectivity index is 1.68. The Kier molecular flexibility index (Phi) is 5.86. The van der Waals surface area contributed by atoms with Crippen molar-refractivity contribution in [1.82, 2.24) is 4.98 Å². The van der Waals surface area contributed by atoms with Gasteiger partial charge >= 0.3 is 6.18 Å². The van der Waals surface area contributed by atoms with Crippen LogP contribution in [0.25, 0.3) is 10.9 Å². The third-order valence-corrected chi connectivity index (χ3v) is 7.15. The minimum absolute atomic E-state index is 0.249. The number of alkyl halides is 3. The fraction of sp³-hybridized carbons (Fsp3) is 0.310. The summed E-state index contributed by atoms with van der Waals surface area (Å²) in [4.78, 5) is 3.10. The zero-order valence-corrected chi connectivity index (χ0v) is 20.0. The maximum atomic E-state index is 15.0. The van der Waals surface area contributed by atoms with Crippen LogP contribution in [-0.2, 0) is 11.8 Å². The third-order valence-electron chi connectivity index (χ3n) is 7.15. The number of hydrogen-bond acceptors (Lipinski definition) is 2. The van der Waals surface area contributed by atoms with Crippen molar-refractivity contribution in [3.05, 3.63) is 101 Å². The molecule has 0 radical (unpaired) electrons. The highest BCUT2D eigenvalue weighted by molar-refractivity contribution is 5.80. The molecule has 0 fully saturated rings. The molecule has 7 heteroatoms. The largest absolute Gasteiger partial charge is 0.493 e. The number of halogens is 4. The molecule has 4 aromatic rings. The van der Waals surface area contributed by atoms with Crippen molar-refractivity contribution in [1.29, 1.82) is 0 Å². The lowest BCUT2D eigenvalue weighted by molar-refractivity contribution is -0.272. The summed E-state index contributed by atoms with van der Waals surface area (Å²) < 4.78 is 65.2. The van der Waals surface area contributed by atoms with E-state index in [1.807, 2.05) is 0 Å². The van der Waals surface area contributed by atoms with Crippen LogP contribution in [0.4, 0.5) is 17.6 Å². The number of nitrogens with one attached hydrogen (secondary N) is 1. The standard InChI is InChI=1S/C29H27F4NO2/c1-27(2,22-16-21(30)14-20-12-13-36-26(20)22)17-28(35,29(31,32)33)25(18-8-4-3-5-9-18)24-15-19-10-6-7-11-23(19)34-24/h3-11,14-16,25,34-35H,12-13,17H2,1-2H3. The highest BCUT2D eigenvalue weighted by Gasteiger charge is 2.61. The van der Waals surface area contributed by atoms with Crippen LogP contribution >= 0.6 is 0 Å². The Morgan fingerprint density at radius 3 is 2.36 bits per heavy atom. The minimum Gasteiger partial charge on any atom is -0.493 e. The van der Waals surface area contributed by atoms with Crippen LogP contribution in [0.15, 0.2) is 72.8 Å². The topological polar surface area (TPSA) is 45.2 Å². The summed E-state index contributed by atoms with van der Waals surface area (Å²) in [6.45, 7) is 3.52. The molecule has 0 amide bonds. The van der Waals surface area contributed by atoms with Gasteiger partial charge in [-0.25, -0.2) is 4.39 Å². The van der Waals surface area contributed by atoms with Crippen LogP contribution in [0.2, 0.25) is 0 Å². The van der Waals surface area contributed by atoms with Gasteiger partial charge in [-0.05, 0) is 47.1 Å². The Bertz CT molecular complexity index is 1360. The van der Waals surface area contributed by atoms with Gasteiger partial charge in [0.15, 0.2) is 5.60 Å². The quantitative estimate of drug-likeness (QED) is 0.281. The molecule has 1 aliphatic rings. The number of aromatic amines is 1. The molecule has 5 rings (SSSR count). The first-order valence-corrected chi connectivity index (χ1v) is 11.9. The molecule has 1 aliphatic heterocycles. The van der Waals surface area contributed by atoms with Crippen molar-refractivity contribution in [2.45, 2.75) is 49.8 Å². The number of aliphatic hydroxyl groups is 1. The van der Waals surface area contributed by atoms with E-state index in [1.165, 1.54) is 12.1 Å². The summed E-state index contributed by atoms with van der Waals surface area (Å²) >= 11 is 0. The van der Waals surface area contributed by atoms with Gasteiger partial charge in [-0.3, -0.25) is 0 Å². The first kappa shape index (κ1) is 24.4. The maximum absolute atomic E-state index is 15.0. The van der Waals surface area contributed by atoms with Crippen LogP contribution in [-0.4, -0.2) is 28.5 Å². The van der Waals surface area contributed by atoms with Crippen LogP contribution < -0.4 is 4.74 Å². The molecule has 2 heterocycles. The van der Waals surface area contributed by atoms with Gasteiger partial charge in [-0.15, -0.1) is 0 Å². The number of benzene rings is 3. The number of rotatable bonds is 6. The van der Waals surface area contributed by atoms with E-state index in [1.54, 1.807) is 74.5 Å². The van der Waals surface area contributed by atoms with Crippen molar-refractivity contribution < 1.29 is 27.4 Å². The summed E-state index contributed by atoms with van der Waals surface area (Å²) in [5.41, 5.74) is -2.27. The molecule has 188 valence electrons. The Morgan fingerprint density at radius 1 is 0.972 bits per heavy atom. The summed E-state index contributed by atoms with van der Waals surface area (Å²) in [6, 6.07) is 19.6. The second-order valence-corrected chi connectivity index (χ2v) is 10.2. The first-order valence-electron chi connectivity index (χ1n) is 11.9. The molecule has 1 aromatic heterocycles. The molecular formula is C29H27F4NO2. The van der Waals surface area contributed by atoms with Crippen LogP contribution in [0.3, 0.4) is 0 Å². The lowest BCUT2D eigenvalue weighted by Gasteiger charge is -2.43. The molecule has 2 N–H and O–H groups in total. The lowest BCUT2D eigenvalue weighted by Crippen LogP contribution is -2.53. The fourth-order valence-corrected chi connectivity index (χ4v) is 5.52. The van der Waals surface area contributed by atoms with Gasteiger partial charge in [0, 0.05) is 28.8 Å². The summed E-state index contributed by atoms with van der Waals surface area (Å²) in [6.07, 6.45) is -5.22. The average Bonchev–Trinajstić information content (AvgIpc) is 3.44. The van der Waals surface area contributed by atoms with E-state index in [0.29, 0.717) is 41.0 Å². The minimum atomic E-state index is -5.00. The molecule has 0 saturated heterocycles. The van der Waals surface area contributed by atoms with Gasteiger partial charge in [0.25, 0.3) is 0 Å². The molecule has 3 nitrogen and oxygen atoms in total. The van der Waals surface area contributed by atoms with Crippen LogP contribution in [0.1, 0.15) is 48.6 Å². The van der Waals surface area contributed by atoms with Gasteiger partial charge in [0.1, 0.15) is 11.6 Å². The number of para-hydroxylation sites is 1. The Hall–Kier alpha value is -3.32. The zero-order valence-electron chi connectivity index (χ0n) is 20.0. The fourth-order valence-electron chi connectivity index (χ4n) is 5.52. The Morgan fingerprint density at radius 2 is 1.67 bits per heavy atom. The summed E-state index contributed by atoms with van der Waals surface area (Å²) in [7, 11) is 0. The van der Waals surface area contributed by atoms with E-state index in [9.17, 15) is 9.50 Å². The van der Waals surface area contributed by atoms with Crippen molar-refractivity contribution in [3.8, 4) is 5.75 Å². The summed E-state index contributed by atoms with van der Waals surface area (Å²) in [5, 5.41) is 12.5. The second-order valence-electron chi connectivity index (χ2n) is 10.2. The predicted molar refractivity (Wildman–Crippen MR) is 131 cm³/mol. The van der Waals surface area contributed by atoms with E-state index in [-0.39, 0.29) is 5.69 Å². The Labute approximate surface area is 206 Å². The summed E-state index contributed by atoms with van der Waals surface area (Å²) in [5.74, 6) is -1.58. The molecule has 36 heavy (non-hydrogen) atoms. The monoisotopic (exact) mass is 497 g/mol. The molecule has 0 spiro atoms. The van der Waals surface area contributed by atoms with Crippen molar-refractivity contribution in [2.75, 3.05) is 6.61 Å². The van der Waals surface area contributed by atoms with Gasteiger partial charge in [-0.2, -0.15) is 13.2 Å². The van der Waals surface area contributed by atoms with E-state index in [0.717, 1.165) is 5.39 Å². The third kappa shape index (κ3) is 4.15. The smallest absolute Gasteiger partial charge is 0.418 e. The SMILES string of the molecule is CC(C)(CC(O)(C(c1ccccc1)c1cc2ccccc2[nH]1)C(F)(F)F)c1cc(F)cc2c1OCC2. The van der Waals surface area contributed by atoms with Crippen molar-refractivity contribution >= 4 is 10.9 Å². The number of aromatic nitrogens is 1. The molecule has 3 aromatic carbocycles. The highest BCUT2D eigenvalue weighted by atomic mass is 19.4. The first-order chi connectivity index (χ1) is 17.0. The maximum Gasteiger partial charge on any atom is 0.418 e. The normalized spacial score (nSPS) is 16.4. The number of H-pyrrole nitrogens is 1. The highest BCUT2D eigenvalue weighted by Crippen LogP contribution is 2.52.